The SMILES string of the molecule is FC(F)(F)c1ccc(-c2cc(-n3c4ccccc4c4c5c6ccccc6n(-c6cc(-c7ccc(C(F)(F)F)cc7)nc(-c7ccccc7)n6)c5ccc43)nc(-c3ccccc3)n2)cc1. The molecule has 11 aromatic rings. The molecule has 0 atom stereocenters. The average molecular weight is 853 g/mol. The van der Waals surface area contributed by atoms with Gasteiger partial charge in [-0.15, -0.1) is 0 Å². The molecular formula is C52H30F6N6. The number of nitrogens with zero attached hydrogens (tertiary/aromatic N) is 6. The predicted molar refractivity (Wildman–Crippen MR) is 238 cm³/mol. The van der Waals surface area contributed by atoms with E-state index in [-0.39, 0.29) is 0 Å². The minimum Gasteiger partial charge on any atom is -0.294 e. The fraction of sp³-hybridized carbons (Fsp3) is 0.0385. The van der Waals surface area contributed by atoms with Crippen LogP contribution in [0.4, 0.5) is 26.3 Å². The number of para-hydroxylation sites is 2. The molecule has 0 saturated heterocycles. The maximum Gasteiger partial charge on any atom is 0.416 e. The van der Waals surface area contributed by atoms with Gasteiger partial charge in [-0.05, 0) is 48.5 Å². The summed E-state index contributed by atoms with van der Waals surface area (Å²) in [5, 5.41) is 3.72. The Morgan fingerprint density at radius 1 is 0.328 bits per heavy atom. The summed E-state index contributed by atoms with van der Waals surface area (Å²) in [7, 11) is 0. The van der Waals surface area contributed by atoms with E-state index in [4.69, 9.17) is 19.9 Å². The van der Waals surface area contributed by atoms with Crippen LogP contribution in [0.3, 0.4) is 0 Å². The Kier molecular flexibility index (Phi) is 8.95. The van der Waals surface area contributed by atoms with Crippen molar-refractivity contribution in [3.05, 3.63) is 193 Å². The third-order valence-electron chi connectivity index (χ3n) is 11.4. The topological polar surface area (TPSA) is 61.4 Å². The van der Waals surface area contributed by atoms with Gasteiger partial charge in [0, 0.05) is 55.9 Å². The van der Waals surface area contributed by atoms with Gasteiger partial charge in [0.05, 0.1) is 44.6 Å². The molecule has 11 rings (SSSR count). The number of fused-ring (bicyclic) bond motifs is 7. The lowest BCUT2D eigenvalue weighted by Crippen LogP contribution is -2.05. The highest BCUT2D eigenvalue weighted by atomic mass is 19.4. The van der Waals surface area contributed by atoms with Crippen LogP contribution in [0.5, 0.6) is 0 Å². The van der Waals surface area contributed by atoms with Crippen LogP contribution in [-0.2, 0) is 12.4 Å². The summed E-state index contributed by atoms with van der Waals surface area (Å²) < 4.78 is 85.8. The minimum atomic E-state index is -4.49. The van der Waals surface area contributed by atoms with Gasteiger partial charge < -0.3 is 0 Å². The molecule has 64 heavy (non-hydrogen) atoms. The molecule has 0 N–H and O–H groups in total. The van der Waals surface area contributed by atoms with Crippen molar-refractivity contribution in [1.29, 1.82) is 0 Å². The van der Waals surface area contributed by atoms with E-state index in [2.05, 4.69) is 21.3 Å². The Bertz CT molecular complexity index is 3320. The van der Waals surface area contributed by atoms with Crippen LogP contribution in [0.15, 0.2) is 182 Å². The van der Waals surface area contributed by atoms with Gasteiger partial charge in [-0.1, -0.05) is 121 Å². The van der Waals surface area contributed by atoms with E-state index in [0.717, 1.165) is 79.0 Å². The van der Waals surface area contributed by atoms with E-state index in [1.807, 2.05) is 109 Å². The zero-order valence-corrected chi connectivity index (χ0v) is 33.3. The van der Waals surface area contributed by atoms with E-state index in [1.165, 1.54) is 24.3 Å². The van der Waals surface area contributed by atoms with Crippen LogP contribution in [0, 0.1) is 0 Å². The molecule has 0 radical (unpaired) electrons. The number of benzene rings is 7. The standard InChI is InChI=1S/C52H30F6N6/c53-51(54,55)35-23-19-31(20-24-35)39-29-45(61-49(59-39)33-11-3-1-4-12-33)63-41-17-9-7-15-37(41)47-43(63)27-28-44-48(47)38-16-8-10-18-42(38)64(44)46-30-40(32-21-25-36(26-22-32)52(56,57)58)60-50(62-46)34-13-5-2-6-14-34/h1-30H. The van der Waals surface area contributed by atoms with Gasteiger partial charge in [0.25, 0.3) is 0 Å². The number of aromatic nitrogens is 6. The minimum absolute atomic E-state index is 0.401. The van der Waals surface area contributed by atoms with Gasteiger partial charge in [0.15, 0.2) is 11.6 Å². The summed E-state index contributed by atoms with van der Waals surface area (Å²) in [6.45, 7) is 0. The first-order valence-corrected chi connectivity index (χ1v) is 20.2. The zero-order valence-electron chi connectivity index (χ0n) is 33.3. The third kappa shape index (κ3) is 6.62. The molecule has 7 aromatic carbocycles. The molecule has 4 heterocycles. The second-order valence-corrected chi connectivity index (χ2v) is 15.3. The molecule has 0 bridgehead atoms. The van der Waals surface area contributed by atoms with Crippen molar-refractivity contribution in [3.8, 4) is 56.9 Å². The molecule has 0 fully saturated rings. The zero-order chi connectivity index (χ0) is 43.7. The largest absolute Gasteiger partial charge is 0.416 e. The van der Waals surface area contributed by atoms with E-state index >= 15 is 0 Å². The first-order chi connectivity index (χ1) is 31.0. The Morgan fingerprint density at radius 3 is 1.06 bits per heavy atom. The maximum atomic E-state index is 13.6. The number of halogens is 6. The van der Waals surface area contributed by atoms with Crippen LogP contribution in [0.25, 0.3) is 101 Å². The van der Waals surface area contributed by atoms with E-state index in [1.54, 1.807) is 12.1 Å². The van der Waals surface area contributed by atoms with Crippen LogP contribution in [0.1, 0.15) is 11.1 Å². The fourth-order valence-electron chi connectivity index (χ4n) is 8.50. The molecular weight excluding hydrogens is 823 g/mol. The molecule has 0 aliphatic rings. The highest BCUT2D eigenvalue weighted by Crippen LogP contribution is 2.43. The molecule has 0 aliphatic carbocycles. The lowest BCUT2D eigenvalue weighted by Gasteiger charge is -2.13. The van der Waals surface area contributed by atoms with E-state index in [0.29, 0.717) is 45.8 Å². The average Bonchev–Trinajstić information content (AvgIpc) is 3.84. The molecule has 0 amide bonds. The Labute approximate surface area is 360 Å². The normalized spacial score (nSPS) is 12.2. The summed E-state index contributed by atoms with van der Waals surface area (Å²) in [5.74, 6) is 1.84. The molecule has 0 aliphatic heterocycles. The summed E-state index contributed by atoms with van der Waals surface area (Å²) in [5.41, 5.74) is 5.18. The fourth-order valence-corrected chi connectivity index (χ4v) is 8.50. The third-order valence-corrected chi connectivity index (χ3v) is 11.4. The number of hydrogen-bond acceptors (Lipinski definition) is 4. The summed E-state index contributed by atoms with van der Waals surface area (Å²) >= 11 is 0. The summed E-state index contributed by atoms with van der Waals surface area (Å²) in [6.07, 6.45) is -8.98. The molecule has 6 nitrogen and oxygen atoms in total. The van der Waals surface area contributed by atoms with Crippen LogP contribution in [-0.4, -0.2) is 29.1 Å². The first-order valence-electron chi connectivity index (χ1n) is 20.2. The van der Waals surface area contributed by atoms with Gasteiger partial charge in [0.2, 0.25) is 0 Å². The van der Waals surface area contributed by atoms with Gasteiger partial charge in [-0.2, -0.15) is 26.3 Å². The molecule has 0 spiro atoms. The second-order valence-electron chi connectivity index (χ2n) is 15.3. The summed E-state index contributed by atoms with van der Waals surface area (Å²) in [4.78, 5) is 19.9. The maximum absolute atomic E-state index is 13.6. The highest BCUT2D eigenvalue weighted by molar-refractivity contribution is 6.28. The highest BCUT2D eigenvalue weighted by Gasteiger charge is 2.31. The number of alkyl halides is 6. The lowest BCUT2D eigenvalue weighted by atomic mass is 10.1. The van der Waals surface area contributed by atoms with Gasteiger partial charge in [-0.3, -0.25) is 9.13 Å². The monoisotopic (exact) mass is 852 g/mol. The molecule has 0 saturated carbocycles. The number of hydrogen-bond donors (Lipinski definition) is 0. The van der Waals surface area contributed by atoms with Crippen LogP contribution in [0.2, 0.25) is 0 Å². The van der Waals surface area contributed by atoms with Gasteiger partial charge >= 0.3 is 12.4 Å². The molecule has 4 aromatic heterocycles. The Hall–Kier alpha value is -8.12. The van der Waals surface area contributed by atoms with Crippen molar-refractivity contribution in [3.63, 3.8) is 0 Å². The number of rotatable bonds is 6. The molecule has 12 heteroatoms. The van der Waals surface area contributed by atoms with Crippen molar-refractivity contribution in [1.82, 2.24) is 29.1 Å². The quantitative estimate of drug-likeness (QED) is 0.156. The lowest BCUT2D eigenvalue weighted by molar-refractivity contribution is -0.138. The predicted octanol–water partition coefficient (Wildman–Crippen LogP) is 14.2. The summed E-state index contributed by atoms with van der Waals surface area (Å²) in [6, 6.07) is 52.3. The second kappa shape index (κ2) is 14.8. The van der Waals surface area contributed by atoms with Crippen LogP contribution >= 0.6 is 0 Å². The molecule has 310 valence electrons. The Morgan fingerprint density at radius 2 is 0.688 bits per heavy atom. The molecule has 0 unspecified atom stereocenters. The first kappa shape index (κ1) is 38.8. The Balaban J connectivity index is 1.17. The van der Waals surface area contributed by atoms with Crippen molar-refractivity contribution in [2.75, 3.05) is 0 Å². The van der Waals surface area contributed by atoms with E-state index < -0.39 is 23.5 Å². The van der Waals surface area contributed by atoms with Gasteiger partial charge in [0.1, 0.15) is 11.6 Å². The van der Waals surface area contributed by atoms with Gasteiger partial charge in [-0.25, -0.2) is 19.9 Å². The van der Waals surface area contributed by atoms with Crippen molar-refractivity contribution in [2.45, 2.75) is 12.4 Å². The van der Waals surface area contributed by atoms with Crippen molar-refractivity contribution in [2.24, 2.45) is 0 Å². The van der Waals surface area contributed by atoms with Crippen molar-refractivity contribution >= 4 is 43.6 Å². The smallest absolute Gasteiger partial charge is 0.294 e. The van der Waals surface area contributed by atoms with Crippen LogP contribution < -0.4 is 0 Å². The van der Waals surface area contributed by atoms with Crippen molar-refractivity contribution < 1.29 is 26.3 Å². The van der Waals surface area contributed by atoms with E-state index in [9.17, 15) is 26.3 Å².